The monoisotopic (exact) mass is 464 g/mol. The molecular formula is C27H28O5S. The molecule has 0 radical (unpaired) electrons. The molecule has 0 unspecified atom stereocenters. The summed E-state index contributed by atoms with van der Waals surface area (Å²) in [6, 6.07) is 19.3. The van der Waals surface area contributed by atoms with E-state index in [0.717, 1.165) is 46.4 Å². The highest BCUT2D eigenvalue weighted by Crippen LogP contribution is 2.52. The van der Waals surface area contributed by atoms with E-state index in [2.05, 4.69) is 0 Å². The number of carbonyl (C=O) groups excluding carboxylic acids is 1. The summed E-state index contributed by atoms with van der Waals surface area (Å²) in [7, 11) is -2.73. The first-order valence-corrected chi connectivity index (χ1v) is 12.9. The molecule has 33 heavy (non-hydrogen) atoms. The molecule has 1 aliphatic heterocycles. The van der Waals surface area contributed by atoms with Gasteiger partial charge >= 0.3 is 0 Å². The predicted molar refractivity (Wildman–Crippen MR) is 130 cm³/mol. The van der Waals surface area contributed by atoms with Gasteiger partial charge in [-0.05, 0) is 78.8 Å². The van der Waals surface area contributed by atoms with E-state index in [1.54, 1.807) is 19.1 Å². The topological polar surface area (TPSA) is 76.0 Å². The lowest BCUT2D eigenvalue weighted by atomic mass is 9.86. The van der Waals surface area contributed by atoms with Crippen LogP contribution in [0.2, 0.25) is 0 Å². The maximum Gasteiger partial charge on any atom is 0.231 e. The zero-order valence-electron chi connectivity index (χ0n) is 18.8. The zero-order valence-corrected chi connectivity index (χ0v) is 19.7. The molecule has 0 bridgehead atoms. The molecule has 3 aromatic carbocycles. The van der Waals surface area contributed by atoms with Gasteiger partial charge in [0.25, 0.3) is 0 Å². The standard InChI is InChI=1S/C27H28O5S/c1-3-33(29,30)22-10-7-19(8-11-22)23-6-4-5-20(18(23)2)15-26(28)27(13-14-27)21-9-12-24-25(16-21)32-17-31-24/h4-12,16,29-30H,3,13-15,17H2,1-2H3. The van der Waals surface area contributed by atoms with Crippen LogP contribution >= 0.6 is 10.6 Å². The quantitative estimate of drug-likeness (QED) is 0.425. The average molecular weight is 465 g/mol. The Morgan fingerprint density at radius 1 is 1.00 bits per heavy atom. The van der Waals surface area contributed by atoms with E-state index < -0.39 is 16.0 Å². The molecular weight excluding hydrogens is 436 g/mol. The Balaban J connectivity index is 1.39. The highest BCUT2D eigenvalue weighted by atomic mass is 32.3. The van der Waals surface area contributed by atoms with Crippen LogP contribution in [0.25, 0.3) is 11.1 Å². The Bertz CT molecular complexity index is 1210. The molecule has 1 saturated carbocycles. The van der Waals surface area contributed by atoms with E-state index in [9.17, 15) is 13.9 Å². The molecule has 0 saturated heterocycles. The number of ether oxygens (including phenoxy) is 2. The summed E-state index contributed by atoms with van der Waals surface area (Å²) in [5.41, 5.74) is 4.71. The molecule has 0 amide bonds. The maximum atomic E-state index is 13.5. The third-order valence-corrected chi connectivity index (χ3v) is 8.78. The van der Waals surface area contributed by atoms with Gasteiger partial charge in [-0.15, -0.1) is 0 Å². The summed E-state index contributed by atoms with van der Waals surface area (Å²) in [4.78, 5) is 14.0. The van der Waals surface area contributed by atoms with Gasteiger partial charge in [-0.2, -0.15) is 10.6 Å². The van der Waals surface area contributed by atoms with E-state index >= 15 is 0 Å². The minimum atomic E-state index is -2.73. The zero-order chi connectivity index (χ0) is 23.2. The highest BCUT2D eigenvalue weighted by molar-refractivity contribution is 8.24. The van der Waals surface area contributed by atoms with Gasteiger partial charge in [-0.25, -0.2) is 0 Å². The Kier molecular flexibility index (Phi) is 5.47. The third-order valence-electron chi connectivity index (χ3n) is 6.95. The fraction of sp³-hybridized carbons (Fsp3) is 0.296. The minimum Gasteiger partial charge on any atom is -0.454 e. The molecule has 0 aromatic heterocycles. The number of hydrogen-bond donors (Lipinski definition) is 2. The smallest absolute Gasteiger partial charge is 0.231 e. The van der Waals surface area contributed by atoms with Gasteiger partial charge in [-0.1, -0.05) is 36.4 Å². The van der Waals surface area contributed by atoms with Crippen LogP contribution < -0.4 is 9.47 Å². The van der Waals surface area contributed by atoms with Crippen molar-refractivity contribution in [3.8, 4) is 22.6 Å². The normalized spacial score (nSPS) is 16.5. The molecule has 2 aliphatic rings. The largest absolute Gasteiger partial charge is 0.454 e. The molecule has 5 rings (SSSR count). The van der Waals surface area contributed by atoms with Crippen molar-refractivity contribution >= 4 is 16.4 Å². The van der Waals surface area contributed by atoms with Gasteiger partial charge in [0.2, 0.25) is 6.79 Å². The first-order valence-electron chi connectivity index (χ1n) is 11.2. The summed E-state index contributed by atoms with van der Waals surface area (Å²) in [5, 5.41) is 0. The number of Topliss-reactive ketones (excluding diaryl/α,β-unsaturated/α-hetero) is 1. The second-order valence-electron chi connectivity index (χ2n) is 8.82. The van der Waals surface area contributed by atoms with Crippen molar-refractivity contribution in [1.29, 1.82) is 0 Å². The van der Waals surface area contributed by atoms with Crippen LogP contribution in [-0.4, -0.2) is 27.4 Å². The minimum absolute atomic E-state index is 0.226. The number of ketones is 1. The Morgan fingerprint density at radius 3 is 2.42 bits per heavy atom. The second-order valence-corrected chi connectivity index (χ2v) is 11.2. The molecule has 1 heterocycles. The summed E-state index contributed by atoms with van der Waals surface area (Å²) in [6.45, 7) is 4.04. The summed E-state index contributed by atoms with van der Waals surface area (Å²) >= 11 is 0. The van der Waals surface area contributed by atoms with Crippen molar-refractivity contribution in [2.45, 2.75) is 43.4 Å². The van der Waals surface area contributed by atoms with E-state index in [4.69, 9.17) is 9.47 Å². The van der Waals surface area contributed by atoms with E-state index in [1.807, 2.05) is 55.5 Å². The Hall–Kier alpha value is -2.80. The molecule has 2 N–H and O–H groups in total. The van der Waals surface area contributed by atoms with E-state index in [1.165, 1.54) is 0 Å². The van der Waals surface area contributed by atoms with Crippen LogP contribution in [0.1, 0.15) is 36.5 Å². The van der Waals surface area contributed by atoms with Crippen LogP contribution in [0.5, 0.6) is 11.5 Å². The van der Waals surface area contributed by atoms with Crippen LogP contribution in [0, 0.1) is 6.92 Å². The first kappa shape index (κ1) is 22.0. The molecule has 0 spiro atoms. The number of fused-ring (bicyclic) bond motifs is 1. The lowest BCUT2D eigenvalue weighted by Crippen LogP contribution is -2.23. The molecule has 1 fully saturated rings. The van der Waals surface area contributed by atoms with Gasteiger partial charge < -0.3 is 9.47 Å². The van der Waals surface area contributed by atoms with Crippen molar-refractivity contribution in [2.75, 3.05) is 12.5 Å². The van der Waals surface area contributed by atoms with Crippen molar-refractivity contribution < 1.29 is 23.4 Å². The van der Waals surface area contributed by atoms with Crippen molar-refractivity contribution in [3.05, 3.63) is 77.4 Å². The summed E-state index contributed by atoms with van der Waals surface area (Å²) < 4.78 is 31.3. The molecule has 0 atom stereocenters. The van der Waals surface area contributed by atoms with Crippen LogP contribution in [-0.2, 0) is 16.6 Å². The first-order chi connectivity index (χ1) is 15.8. The average Bonchev–Trinajstić information content (AvgIpc) is 3.51. The van der Waals surface area contributed by atoms with Crippen LogP contribution in [0.15, 0.2) is 65.6 Å². The Morgan fingerprint density at radius 2 is 1.73 bits per heavy atom. The molecule has 6 heteroatoms. The number of rotatable bonds is 7. The fourth-order valence-corrected chi connectivity index (χ4v) is 5.50. The number of carbonyl (C=O) groups is 1. The van der Waals surface area contributed by atoms with E-state index in [0.29, 0.717) is 22.8 Å². The SMILES string of the molecule is CCS(O)(O)c1ccc(-c2cccc(CC(=O)C3(c4ccc5c(c4)OCO5)CC3)c2C)cc1. The molecule has 3 aromatic rings. The third kappa shape index (κ3) is 3.92. The summed E-state index contributed by atoms with van der Waals surface area (Å²) in [6.07, 6.45) is 2.09. The molecule has 1 aliphatic carbocycles. The lowest BCUT2D eigenvalue weighted by Gasteiger charge is -2.30. The van der Waals surface area contributed by atoms with Crippen LogP contribution in [0.3, 0.4) is 0 Å². The second kappa shape index (κ2) is 8.20. The molecule has 5 nitrogen and oxygen atoms in total. The highest BCUT2D eigenvalue weighted by Gasteiger charge is 2.50. The number of hydrogen-bond acceptors (Lipinski definition) is 5. The van der Waals surface area contributed by atoms with Gasteiger partial charge in [0.05, 0.1) is 10.3 Å². The van der Waals surface area contributed by atoms with Crippen molar-refractivity contribution in [1.82, 2.24) is 0 Å². The van der Waals surface area contributed by atoms with Gasteiger partial charge in [0.15, 0.2) is 11.5 Å². The Labute approximate surface area is 195 Å². The lowest BCUT2D eigenvalue weighted by molar-refractivity contribution is -0.120. The van der Waals surface area contributed by atoms with Gasteiger partial charge in [0.1, 0.15) is 5.78 Å². The number of benzene rings is 3. The maximum absolute atomic E-state index is 13.5. The van der Waals surface area contributed by atoms with Crippen LogP contribution in [0.4, 0.5) is 0 Å². The van der Waals surface area contributed by atoms with Crippen molar-refractivity contribution in [2.24, 2.45) is 0 Å². The van der Waals surface area contributed by atoms with E-state index in [-0.39, 0.29) is 12.6 Å². The molecule has 172 valence electrons. The van der Waals surface area contributed by atoms with Crippen molar-refractivity contribution in [3.63, 3.8) is 0 Å². The fourth-order valence-electron chi connectivity index (χ4n) is 4.60. The summed E-state index contributed by atoms with van der Waals surface area (Å²) in [5.74, 6) is 1.98. The predicted octanol–water partition coefficient (Wildman–Crippen LogP) is 6.36. The van der Waals surface area contributed by atoms with Gasteiger partial charge in [0, 0.05) is 12.2 Å². The van der Waals surface area contributed by atoms with Gasteiger partial charge in [-0.3, -0.25) is 13.9 Å².